The number of hydrogen-bond acceptors (Lipinski definition) is 6. The van der Waals surface area contributed by atoms with Gasteiger partial charge in [-0.2, -0.15) is 0 Å². The van der Waals surface area contributed by atoms with Crippen molar-refractivity contribution in [3.63, 3.8) is 0 Å². The van der Waals surface area contributed by atoms with Crippen LogP contribution in [0.3, 0.4) is 0 Å². The first kappa shape index (κ1) is 17.2. The average Bonchev–Trinajstić information content (AvgIpc) is 3.00. The second kappa shape index (κ2) is 7.94. The zero-order valence-electron chi connectivity index (χ0n) is 13.5. The standard InChI is InChI=1S/C16H21N3O3S/c1-10(17)4-7-15(20)19-16-18-12(9-23-16)11-5-6-13(21-2)14(8-11)22-3/h5-6,8-10H,4,7,17H2,1-3H3,(H,18,19,20). The van der Waals surface area contributed by atoms with Gasteiger partial charge in [0.15, 0.2) is 16.6 Å². The minimum absolute atomic E-state index is 0.0133. The van der Waals surface area contributed by atoms with E-state index in [9.17, 15) is 4.79 Å². The van der Waals surface area contributed by atoms with Crippen LogP contribution in [0, 0.1) is 0 Å². The van der Waals surface area contributed by atoms with Crippen LogP contribution >= 0.6 is 11.3 Å². The number of nitrogens with zero attached hydrogens (tertiary/aromatic N) is 1. The molecule has 7 heteroatoms. The Balaban J connectivity index is 2.08. The Morgan fingerprint density at radius 2 is 2.09 bits per heavy atom. The van der Waals surface area contributed by atoms with Crippen molar-refractivity contribution < 1.29 is 14.3 Å². The summed E-state index contributed by atoms with van der Waals surface area (Å²) in [5.41, 5.74) is 7.32. The number of carbonyl (C=O) groups is 1. The number of carbonyl (C=O) groups excluding carboxylic acids is 1. The number of benzene rings is 1. The van der Waals surface area contributed by atoms with E-state index in [0.717, 1.165) is 11.3 Å². The van der Waals surface area contributed by atoms with Crippen LogP contribution in [0.25, 0.3) is 11.3 Å². The molecular formula is C16H21N3O3S. The quantitative estimate of drug-likeness (QED) is 0.812. The fourth-order valence-electron chi connectivity index (χ4n) is 2.00. The van der Waals surface area contributed by atoms with E-state index in [1.807, 2.05) is 30.5 Å². The summed E-state index contributed by atoms with van der Waals surface area (Å²) in [6.07, 6.45) is 1.04. The van der Waals surface area contributed by atoms with E-state index < -0.39 is 0 Å². The van der Waals surface area contributed by atoms with Gasteiger partial charge < -0.3 is 20.5 Å². The SMILES string of the molecule is COc1ccc(-c2csc(NC(=O)CCC(C)N)n2)cc1OC. The molecule has 0 saturated heterocycles. The van der Waals surface area contributed by atoms with Crippen LogP contribution in [-0.2, 0) is 4.79 Å². The number of thiazole rings is 1. The van der Waals surface area contributed by atoms with Crippen molar-refractivity contribution in [1.82, 2.24) is 4.98 Å². The molecule has 0 radical (unpaired) electrons. The van der Waals surface area contributed by atoms with Gasteiger partial charge in [0.2, 0.25) is 5.91 Å². The molecule has 0 aliphatic carbocycles. The van der Waals surface area contributed by atoms with Gasteiger partial charge in [-0.15, -0.1) is 11.3 Å². The van der Waals surface area contributed by atoms with Gasteiger partial charge in [0.25, 0.3) is 0 Å². The van der Waals surface area contributed by atoms with Gasteiger partial charge in [-0.1, -0.05) is 0 Å². The number of ether oxygens (including phenoxy) is 2. The largest absolute Gasteiger partial charge is 0.493 e. The highest BCUT2D eigenvalue weighted by Crippen LogP contribution is 2.33. The molecule has 124 valence electrons. The van der Waals surface area contributed by atoms with Crippen LogP contribution in [0.1, 0.15) is 19.8 Å². The number of nitrogens with two attached hydrogens (primary N) is 1. The zero-order valence-corrected chi connectivity index (χ0v) is 14.3. The molecule has 1 aromatic heterocycles. The summed E-state index contributed by atoms with van der Waals surface area (Å²) in [5, 5.41) is 5.26. The summed E-state index contributed by atoms with van der Waals surface area (Å²) in [7, 11) is 3.18. The lowest BCUT2D eigenvalue weighted by molar-refractivity contribution is -0.116. The maximum absolute atomic E-state index is 11.8. The lowest BCUT2D eigenvalue weighted by Gasteiger charge is -2.08. The Bertz CT molecular complexity index is 670. The molecule has 0 fully saturated rings. The topological polar surface area (TPSA) is 86.5 Å². The Morgan fingerprint density at radius 3 is 2.74 bits per heavy atom. The average molecular weight is 335 g/mol. The highest BCUT2D eigenvalue weighted by molar-refractivity contribution is 7.14. The number of hydrogen-bond donors (Lipinski definition) is 2. The van der Waals surface area contributed by atoms with E-state index in [2.05, 4.69) is 10.3 Å². The highest BCUT2D eigenvalue weighted by Gasteiger charge is 2.11. The second-order valence-electron chi connectivity index (χ2n) is 5.17. The van der Waals surface area contributed by atoms with E-state index in [1.54, 1.807) is 14.2 Å². The third kappa shape index (κ3) is 4.67. The number of aromatic nitrogens is 1. The zero-order chi connectivity index (χ0) is 16.8. The van der Waals surface area contributed by atoms with Crippen molar-refractivity contribution in [2.45, 2.75) is 25.8 Å². The first-order valence-electron chi connectivity index (χ1n) is 7.27. The minimum Gasteiger partial charge on any atom is -0.493 e. The molecule has 3 N–H and O–H groups in total. The third-order valence-electron chi connectivity index (χ3n) is 3.26. The molecule has 0 spiro atoms. The van der Waals surface area contributed by atoms with Gasteiger partial charge in [0.05, 0.1) is 19.9 Å². The van der Waals surface area contributed by atoms with Crippen molar-refractivity contribution in [3.05, 3.63) is 23.6 Å². The lowest BCUT2D eigenvalue weighted by atomic mass is 10.1. The summed E-state index contributed by atoms with van der Waals surface area (Å²) < 4.78 is 10.5. The molecule has 2 aromatic rings. The van der Waals surface area contributed by atoms with Crippen molar-refractivity contribution in [3.8, 4) is 22.8 Å². The number of anilines is 1. The van der Waals surface area contributed by atoms with Crippen molar-refractivity contribution >= 4 is 22.4 Å². The maximum Gasteiger partial charge on any atom is 0.226 e. The predicted molar refractivity (Wildman–Crippen MR) is 92.2 cm³/mol. The van der Waals surface area contributed by atoms with Gasteiger partial charge >= 0.3 is 0 Å². The number of nitrogens with one attached hydrogen (secondary N) is 1. The molecule has 0 aliphatic heterocycles. The summed E-state index contributed by atoms with van der Waals surface area (Å²) >= 11 is 1.38. The summed E-state index contributed by atoms with van der Waals surface area (Å²) in [6, 6.07) is 5.60. The summed E-state index contributed by atoms with van der Waals surface area (Å²) in [6.45, 7) is 1.88. The Kier molecular flexibility index (Phi) is 5.95. The third-order valence-corrected chi connectivity index (χ3v) is 4.01. The fourth-order valence-corrected chi connectivity index (χ4v) is 2.74. The number of methoxy groups -OCH3 is 2. The fraction of sp³-hybridized carbons (Fsp3) is 0.375. The van der Waals surface area contributed by atoms with Gasteiger partial charge in [0, 0.05) is 23.4 Å². The van der Waals surface area contributed by atoms with E-state index in [-0.39, 0.29) is 11.9 Å². The highest BCUT2D eigenvalue weighted by atomic mass is 32.1. The molecule has 1 amide bonds. The Labute approximate surface area is 139 Å². The Morgan fingerprint density at radius 1 is 1.35 bits per heavy atom. The van der Waals surface area contributed by atoms with Crippen molar-refractivity contribution in [1.29, 1.82) is 0 Å². The Hall–Kier alpha value is -2.12. The molecule has 1 atom stereocenters. The number of rotatable bonds is 7. The van der Waals surface area contributed by atoms with Crippen LogP contribution in [0.5, 0.6) is 11.5 Å². The molecule has 1 unspecified atom stereocenters. The summed E-state index contributed by atoms with van der Waals surface area (Å²) in [5.74, 6) is 1.23. The first-order chi connectivity index (χ1) is 11.0. The minimum atomic E-state index is -0.0736. The van der Waals surface area contributed by atoms with E-state index in [0.29, 0.717) is 29.5 Å². The van der Waals surface area contributed by atoms with E-state index >= 15 is 0 Å². The van der Waals surface area contributed by atoms with Crippen molar-refractivity contribution in [2.24, 2.45) is 5.73 Å². The maximum atomic E-state index is 11.8. The molecule has 0 aliphatic rings. The van der Waals surface area contributed by atoms with Crippen LogP contribution in [0.2, 0.25) is 0 Å². The molecule has 2 rings (SSSR count). The van der Waals surface area contributed by atoms with Crippen LogP contribution in [-0.4, -0.2) is 31.2 Å². The van der Waals surface area contributed by atoms with E-state index in [1.165, 1.54) is 11.3 Å². The van der Waals surface area contributed by atoms with Crippen LogP contribution in [0.15, 0.2) is 23.6 Å². The predicted octanol–water partition coefficient (Wildman–Crippen LogP) is 2.89. The normalized spacial score (nSPS) is 11.8. The van der Waals surface area contributed by atoms with Gasteiger partial charge in [0.1, 0.15) is 0 Å². The molecule has 1 heterocycles. The molecule has 0 saturated carbocycles. The second-order valence-corrected chi connectivity index (χ2v) is 6.03. The monoisotopic (exact) mass is 335 g/mol. The first-order valence-corrected chi connectivity index (χ1v) is 8.14. The van der Waals surface area contributed by atoms with Crippen molar-refractivity contribution in [2.75, 3.05) is 19.5 Å². The molecule has 1 aromatic carbocycles. The van der Waals surface area contributed by atoms with Gasteiger partial charge in [-0.3, -0.25) is 4.79 Å². The molecule has 6 nitrogen and oxygen atoms in total. The molecule has 0 bridgehead atoms. The van der Waals surface area contributed by atoms with Gasteiger partial charge in [-0.05, 0) is 31.5 Å². The smallest absolute Gasteiger partial charge is 0.226 e. The molecule has 23 heavy (non-hydrogen) atoms. The number of amides is 1. The summed E-state index contributed by atoms with van der Waals surface area (Å²) in [4.78, 5) is 16.2. The van der Waals surface area contributed by atoms with Gasteiger partial charge in [-0.25, -0.2) is 4.98 Å². The van der Waals surface area contributed by atoms with Crippen LogP contribution < -0.4 is 20.5 Å². The van der Waals surface area contributed by atoms with E-state index in [4.69, 9.17) is 15.2 Å². The van der Waals surface area contributed by atoms with Crippen LogP contribution in [0.4, 0.5) is 5.13 Å². The lowest BCUT2D eigenvalue weighted by Crippen LogP contribution is -2.19. The molecular weight excluding hydrogens is 314 g/mol.